The third kappa shape index (κ3) is 4.81. The maximum absolute atomic E-state index is 14.2. The smallest absolute Gasteiger partial charge is 0.407 e. The number of nitrogens with zero attached hydrogens (tertiary/aromatic N) is 1. The van der Waals surface area contributed by atoms with E-state index in [4.69, 9.17) is 4.74 Å². The number of hydrogen-bond acceptors (Lipinski definition) is 3. The first-order chi connectivity index (χ1) is 11.6. The molecule has 1 aliphatic rings. The number of amides is 2. The number of carbonyl (C=O) groups is 2. The van der Waals surface area contributed by atoms with Gasteiger partial charge in [0.25, 0.3) is 5.91 Å². The van der Waals surface area contributed by atoms with Gasteiger partial charge in [-0.1, -0.05) is 12.7 Å². The van der Waals surface area contributed by atoms with Gasteiger partial charge in [0.1, 0.15) is 11.4 Å². The standard InChI is InChI=1S/C19H25FN2O3/c1-6-13-10-15(16(20)9-12(13)2)17(23)22-8-7-14(11-22)21-18(24)25-19(3,4)5/h6,9-10,14H,1,7-8,11H2,2-5H3,(H,21,24)/t14-/m0/s1. The number of hydrogen-bond donors (Lipinski definition) is 1. The van der Waals surface area contributed by atoms with E-state index in [0.717, 1.165) is 11.1 Å². The van der Waals surface area contributed by atoms with Gasteiger partial charge in [-0.25, -0.2) is 9.18 Å². The summed E-state index contributed by atoms with van der Waals surface area (Å²) >= 11 is 0. The van der Waals surface area contributed by atoms with Gasteiger partial charge in [-0.05, 0) is 57.4 Å². The molecule has 5 nitrogen and oxygen atoms in total. The van der Waals surface area contributed by atoms with Crippen molar-refractivity contribution in [2.45, 2.75) is 45.8 Å². The van der Waals surface area contributed by atoms with Gasteiger partial charge in [0.05, 0.1) is 11.6 Å². The number of aryl methyl sites for hydroxylation is 1. The number of ether oxygens (including phenoxy) is 1. The molecule has 2 rings (SSSR count). The van der Waals surface area contributed by atoms with Crippen molar-refractivity contribution in [2.24, 2.45) is 0 Å². The van der Waals surface area contributed by atoms with Crippen LogP contribution in [0.4, 0.5) is 9.18 Å². The molecule has 0 aliphatic carbocycles. The van der Waals surface area contributed by atoms with Crippen LogP contribution in [0.5, 0.6) is 0 Å². The fourth-order valence-corrected chi connectivity index (χ4v) is 2.78. The van der Waals surface area contributed by atoms with Crippen molar-refractivity contribution >= 4 is 18.1 Å². The third-order valence-corrected chi connectivity index (χ3v) is 4.00. The van der Waals surface area contributed by atoms with Gasteiger partial charge in [0, 0.05) is 13.1 Å². The van der Waals surface area contributed by atoms with Crippen LogP contribution < -0.4 is 5.32 Å². The van der Waals surface area contributed by atoms with E-state index in [1.807, 2.05) is 0 Å². The van der Waals surface area contributed by atoms with Crippen LogP contribution in [0.3, 0.4) is 0 Å². The molecule has 0 radical (unpaired) electrons. The average molecular weight is 348 g/mol. The summed E-state index contributed by atoms with van der Waals surface area (Å²) < 4.78 is 19.4. The SMILES string of the molecule is C=Cc1cc(C(=O)N2CC[C@H](NC(=O)OC(C)(C)C)C2)c(F)cc1C. The van der Waals surface area contributed by atoms with Gasteiger partial charge in [0.15, 0.2) is 0 Å². The zero-order chi connectivity index (χ0) is 18.8. The number of rotatable bonds is 3. The largest absolute Gasteiger partial charge is 0.444 e. The Morgan fingerprint density at radius 1 is 1.40 bits per heavy atom. The molecule has 1 fully saturated rings. The van der Waals surface area contributed by atoms with Crippen molar-refractivity contribution in [1.29, 1.82) is 0 Å². The summed E-state index contributed by atoms with van der Waals surface area (Å²) in [6, 6.07) is 2.66. The lowest BCUT2D eigenvalue weighted by atomic mass is 10.0. The summed E-state index contributed by atoms with van der Waals surface area (Å²) in [6.07, 6.45) is 1.69. The minimum atomic E-state index is -0.579. The molecule has 25 heavy (non-hydrogen) atoms. The van der Waals surface area contributed by atoms with Crippen molar-refractivity contribution < 1.29 is 18.7 Å². The highest BCUT2D eigenvalue weighted by Gasteiger charge is 2.30. The summed E-state index contributed by atoms with van der Waals surface area (Å²) in [6.45, 7) is 11.6. The maximum Gasteiger partial charge on any atom is 0.407 e. The van der Waals surface area contributed by atoms with Crippen molar-refractivity contribution in [3.8, 4) is 0 Å². The molecule has 0 unspecified atom stereocenters. The van der Waals surface area contributed by atoms with Gasteiger partial charge in [-0.3, -0.25) is 4.79 Å². The first-order valence-electron chi connectivity index (χ1n) is 8.32. The Hall–Kier alpha value is -2.37. The summed E-state index contributed by atoms with van der Waals surface area (Å²) in [4.78, 5) is 26.0. The highest BCUT2D eigenvalue weighted by atomic mass is 19.1. The molecular formula is C19H25FN2O3. The Morgan fingerprint density at radius 2 is 2.08 bits per heavy atom. The van der Waals surface area contributed by atoms with Gasteiger partial charge in [-0.15, -0.1) is 0 Å². The predicted octanol–water partition coefficient (Wildman–Crippen LogP) is 3.52. The normalized spacial score (nSPS) is 17.3. The zero-order valence-corrected chi connectivity index (χ0v) is 15.2. The zero-order valence-electron chi connectivity index (χ0n) is 15.2. The highest BCUT2D eigenvalue weighted by molar-refractivity contribution is 5.95. The summed E-state index contributed by atoms with van der Waals surface area (Å²) in [5.74, 6) is -0.925. The number of carbonyl (C=O) groups excluding carboxylic acids is 2. The van der Waals surface area contributed by atoms with E-state index in [1.165, 1.54) is 12.1 Å². The second kappa shape index (κ2) is 7.25. The Kier molecular flexibility index (Phi) is 5.50. The number of likely N-dealkylation sites (tertiary alicyclic amines) is 1. The monoisotopic (exact) mass is 348 g/mol. The molecule has 1 saturated heterocycles. The molecule has 0 aromatic heterocycles. The van der Waals surface area contributed by atoms with E-state index in [1.54, 1.807) is 38.7 Å². The molecule has 1 heterocycles. The van der Waals surface area contributed by atoms with E-state index in [-0.39, 0.29) is 17.5 Å². The Morgan fingerprint density at radius 3 is 2.68 bits per heavy atom. The highest BCUT2D eigenvalue weighted by Crippen LogP contribution is 2.21. The van der Waals surface area contributed by atoms with Crippen molar-refractivity contribution in [3.63, 3.8) is 0 Å². The second-order valence-electron chi connectivity index (χ2n) is 7.28. The molecule has 2 amide bonds. The molecule has 1 aromatic carbocycles. The van der Waals surface area contributed by atoms with Gasteiger partial charge in [-0.2, -0.15) is 0 Å². The molecule has 6 heteroatoms. The molecule has 0 bridgehead atoms. The maximum atomic E-state index is 14.2. The molecule has 0 spiro atoms. The topological polar surface area (TPSA) is 58.6 Å². The lowest BCUT2D eigenvalue weighted by Crippen LogP contribution is -2.41. The predicted molar refractivity (Wildman–Crippen MR) is 94.9 cm³/mol. The van der Waals surface area contributed by atoms with E-state index in [0.29, 0.717) is 19.5 Å². The number of alkyl carbamates (subject to hydrolysis) is 1. The fourth-order valence-electron chi connectivity index (χ4n) is 2.78. The Labute approximate surface area is 147 Å². The average Bonchev–Trinajstić information content (AvgIpc) is 2.93. The quantitative estimate of drug-likeness (QED) is 0.909. The molecule has 1 N–H and O–H groups in total. The van der Waals surface area contributed by atoms with Gasteiger partial charge >= 0.3 is 6.09 Å². The molecule has 1 aliphatic heterocycles. The van der Waals surface area contributed by atoms with Crippen molar-refractivity contribution in [3.05, 3.63) is 41.2 Å². The lowest BCUT2D eigenvalue weighted by molar-refractivity contribution is 0.0502. The number of nitrogens with one attached hydrogen (secondary N) is 1. The molecular weight excluding hydrogens is 323 g/mol. The second-order valence-corrected chi connectivity index (χ2v) is 7.28. The number of halogens is 1. The summed E-state index contributed by atoms with van der Waals surface area (Å²) in [5.41, 5.74) is 0.908. The van der Waals surface area contributed by atoms with Crippen LogP contribution in [0.2, 0.25) is 0 Å². The van der Waals surface area contributed by atoms with Gasteiger partial charge in [0.2, 0.25) is 0 Å². The first kappa shape index (κ1) is 19.0. The lowest BCUT2D eigenvalue weighted by Gasteiger charge is -2.22. The van der Waals surface area contributed by atoms with Crippen LogP contribution in [0.1, 0.15) is 48.7 Å². The summed E-state index contributed by atoms with van der Waals surface area (Å²) in [7, 11) is 0. The fraction of sp³-hybridized carbons (Fsp3) is 0.474. The molecule has 136 valence electrons. The summed E-state index contributed by atoms with van der Waals surface area (Å²) in [5, 5.41) is 2.75. The van der Waals surface area contributed by atoms with Crippen LogP contribution in [0.15, 0.2) is 18.7 Å². The molecule has 1 aromatic rings. The first-order valence-corrected chi connectivity index (χ1v) is 8.32. The van der Waals surface area contributed by atoms with E-state index < -0.39 is 17.5 Å². The van der Waals surface area contributed by atoms with E-state index >= 15 is 0 Å². The van der Waals surface area contributed by atoms with Crippen LogP contribution in [-0.2, 0) is 4.74 Å². The van der Waals surface area contributed by atoms with E-state index in [9.17, 15) is 14.0 Å². The van der Waals surface area contributed by atoms with Crippen LogP contribution in [0, 0.1) is 12.7 Å². The molecule has 0 saturated carbocycles. The van der Waals surface area contributed by atoms with Crippen LogP contribution >= 0.6 is 0 Å². The van der Waals surface area contributed by atoms with Crippen molar-refractivity contribution in [1.82, 2.24) is 10.2 Å². The molecule has 1 atom stereocenters. The minimum absolute atomic E-state index is 0.0263. The Bertz CT molecular complexity index is 695. The Balaban J connectivity index is 2.03. The van der Waals surface area contributed by atoms with Gasteiger partial charge < -0.3 is 15.0 Å². The van der Waals surface area contributed by atoms with Crippen LogP contribution in [-0.4, -0.2) is 41.6 Å². The van der Waals surface area contributed by atoms with Crippen LogP contribution in [0.25, 0.3) is 6.08 Å². The number of benzene rings is 1. The van der Waals surface area contributed by atoms with Crippen molar-refractivity contribution in [2.75, 3.05) is 13.1 Å². The third-order valence-electron chi connectivity index (χ3n) is 4.00. The minimum Gasteiger partial charge on any atom is -0.444 e. The van der Waals surface area contributed by atoms with E-state index in [2.05, 4.69) is 11.9 Å².